The smallest absolute Gasteiger partial charge is 0.317 e. The maximum absolute atomic E-state index is 12.7. The van der Waals surface area contributed by atoms with Crippen molar-refractivity contribution >= 4 is 12.0 Å². The molecule has 24 heavy (non-hydrogen) atoms. The summed E-state index contributed by atoms with van der Waals surface area (Å²) in [6.07, 6.45) is 9.05. The van der Waals surface area contributed by atoms with E-state index in [-0.39, 0.29) is 24.0 Å². The highest BCUT2D eigenvalue weighted by Gasteiger charge is 2.24. The van der Waals surface area contributed by atoms with Crippen LogP contribution in [0.2, 0.25) is 0 Å². The molecule has 6 heteroatoms. The van der Waals surface area contributed by atoms with E-state index in [4.69, 9.17) is 4.74 Å². The van der Waals surface area contributed by atoms with Crippen LogP contribution in [0.1, 0.15) is 44.6 Å². The molecule has 1 N–H and O–H groups in total. The number of carbonyl (C=O) groups is 2. The molecule has 0 aliphatic heterocycles. The summed E-state index contributed by atoms with van der Waals surface area (Å²) in [4.78, 5) is 30.2. The quantitative estimate of drug-likeness (QED) is 0.813. The first-order chi connectivity index (χ1) is 11.6. The molecule has 0 bridgehead atoms. The Hall–Kier alpha value is -2.11. The lowest BCUT2D eigenvalue weighted by molar-refractivity contribution is -0.145. The second kappa shape index (κ2) is 9.25. The highest BCUT2D eigenvalue weighted by atomic mass is 16.5. The summed E-state index contributed by atoms with van der Waals surface area (Å²) in [5, 5.41) is 3.12. The zero-order chi connectivity index (χ0) is 17.4. The number of amides is 2. The molecule has 1 aliphatic rings. The number of pyridine rings is 1. The third kappa shape index (κ3) is 5.51. The van der Waals surface area contributed by atoms with Crippen LogP contribution < -0.4 is 5.32 Å². The number of aromatic nitrogens is 1. The molecule has 1 heterocycles. The average molecular weight is 333 g/mol. The molecule has 6 nitrogen and oxygen atoms in total. The third-order valence-electron chi connectivity index (χ3n) is 4.41. The van der Waals surface area contributed by atoms with Gasteiger partial charge in [-0.25, -0.2) is 4.79 Å². The molecule has 2 amide bonds. The maximum Gasteiger partial charge on any atom is 0.317 e. The summed E-state index contributed by atoms with van der Waals surface area (Å²) in [6.45, 7) is 2.52. The summed E-state index contributed by atoms with van der Waals surface area (Å²) < 4.78 is 4.78. The number of methoxy groups -OCH3 is 1. The Morgan fingerprint density at radius 3 is 2.75 bits per heavy atom. The predicted molar refractivity (Wildman–Crippen MR) is 91.2 cm³/mol. The van der Waals surface area contributed by atoms with Gasteiger partial charge in [0.05, 0.1) is 13.0 Å². The van der Waals surface area contributed by atoms with Gasteiger partial charge in [0, 0.05) is 31.5 Å². The van der Waals surface area contributed by atoms with E-state index in [1.807, 2.05) is 12.1 Å². The van der Waals surface area contributed by atoms with Gasteiger partial charge < -0.3 is 15.0 Å². The van der Waals surface area contributed by atoms with Crippen molar-refractivity contribution in [2.75, 3.05) is 13.7 Å². The third-order valence-corrected chi connectivity index (χ3v) is 4.41. The van der Waals surface area contributed by atoms with Crippen molar-refractivity contribution in [2.24, 2.45) is 5.92 Å². The van der Waals surface area contributed by atoms with Crippen molar-refractivity contribution < 1.29 is 14.3 Å². The SMILES string of the molecule is COC(=O)C(C)CN(Cc1cccnc1)C(=O)NC1CCCCC1. The molecule has 1 unspecified atom stereocenters. The number of nitrogens with one attached hydrogen (secondary N) is 1. The first kappa shape index (κ1) is 18.2. The number of carbonyl (C=O) groups excluding carboxylic acids is 2. The van der Waals surface area contributed by atoms with Crippen LogP contribution in [0.5, 0.6) is 0 Å². The lowest BCUT2D eigenvalue weighted by atomic mass is 9.96. The van der Waals surface area contributed by atoms with Crippen LogP contribution >= 0.6 is 0 Å². The van der Waals surface area contributed by atoms with Crippen LogP contribution in [0.25, 0.3) is 0 Å². The Morgan fingerprint density at radius 1 is 1.38 bits per heavy atom. The minimum absolute atomic E-state index is 0.124. The van der Waals surface area contributed by atoms with Crippen LogP contribution in [0.3, 0.4) is 0 Å². The lowest BCUT2D eigenvalue weighted by Crippen LogP contribution is -2.47. The van der Waals surface area contributed by atoms with Crippen LogP contribution in [0.4, 0.5) is 4.79 Å². The highest BCUT2D eigenvalue weighted by Crippen LogP contribution is 2.18. The second-order valence-corrected chi connectivity index (χ2v) is 6.45. The van der Waals surface area contributed by atoms with Gasteiger partial charge in [-0.2, -0.15) is 0 Å². The number of hydrogen-bond donors (Lipinski definition) is 1. The lowest BCUT2D eigenvalue weighted by Gasteiger charge is -2.29. The predicted octanol–water partition coefficient (Wildman–Crippen LogP) is 2.74. The van der Waals surface area contributed by atoms with Gasteiger partial charge in [-0.15, -0.1) is 0 Å². The average Bonchev–Trinajstić information content (AvgIpc) is 2.62. The minimum Gasteiger partial charge on any atom is -0.469 e. The van der Waals surface area contributed by atoms with E-state index in [2.05, 4.69) is 10.3 Å². The topological polar surface area (TPSA) is 71.5 Å². The second-order valence-electron chi connectivity index (χ2n) is 6.45. The van der Waals surface area contributed by atoms with E-state index in [9.17, 15) is 9.59 Å². The molecule has 0 aromatic carbocycles. The highest BCUT2D eigenvalue weighted by molar-refractivity contribution is 5.76. The standard InChI is InChI=1S/C18H27N3O3/c1-14(17(22)24-2)12-21(13-15-7-6-10-19-11-15)18(23)20-16-8-4-3-5-9-16/h6-7,10-11,14,16H,3-5,8-9,12-13H2,1-2H3,(H,20,23). The summed E-state index contributed by atoms with van der Waals surface area (Å²) in [7, 11) is 1.37. The fraction of sp³-hybridized carbons (Fsp3) is 0.611. The first-order valence-electron chi connectivity index (χ1n) is 8.62. The van der Waals surface area contributed by atoms with Crippen molar-refractivity contribution in [1.29, 1.82) is 0 Å². The molecular weight excluding hydrogens is 306 g/mol. The van der Waals surface area contributed by atoms with E-state index in [1.54, 1.807) is 24.2 Å². The Morgan fingerprint density at radius 2 is 2.12 bits per heavy atom. The Kier molecular flexibility index (Phi) is 7.03. The summed E-state index contributed by atoms with van der Waals surface area (Å²) in [6, 6.07) is 3.88. The number of hydrogen-bond acceptors (Lipinski definition) is 4. The van der Waals surface area contributed by atoms with E-state index < -0.39 is 0 Å². The molecule has 1 atom stereocenters. The molecule has 1 saturated carbocycles. The number of ether oxygens (including phenoxy) is 1. The fourth-order valence-corrected chi connectivity index (χ4v) is 3.05. The molecular formula is C18H27N3O3. The minimum atomic E-state index is -0.372. The van der Waals surface area contributed by atoms with Crippen molar-refractivity contribution in [2.45, 2.75) is 51.6 Å². The number of esters is 1. The molecule has 0 spiro atoms. The van der Waals surface area contributed by atoms with Gasteiger partial charge in [0.1, 0.15) is 0 Å². The first-order valence-corrected chi connectivity index (χ1v) is 8.62. The van der Waals surface area contributed by atoms with Crippen LogP contribution in [-0.2, 0) is 16.1 Å². The van der Waals surface area contributed by atoms with Gasteiger partial charge >= 0.3 is 12.0 Å². The number of urea groups is 1. The Labute approximate surface area is 143 Å². The van der Waals surface area contributed by atoms with Crippen molar-refractivity contribution in [3.8, 4) is 0 Å². The maximum atomic E-state index is 12.7. The zero-order valence-electron chi connectivity index (χ0n) is 14.5. The molecule has 1 aliphatic carbocycles. The molecule has 0 radical (unpaired) electrons. The Bertz CT molecular complexity index is 530. The van der Waals surface area contributed by atoms with Gasteiger partial charge in [-0.05, 0) is 24.5 Å². The molecule has 1 aromatic rings. The van der Waals surface area contributed by atoms with Crippen molar-refractivity contribution in [3.63, 3.8) is 0 Å². The van der Waals surface area contributed by atoms with E-state index >= 15 is 0 Å². The Balaban J connectivity index is 2.02. The normalized spacial score (nSPS) is 16.2. The zero-order valence-corrected chi connectivity index (χ0v) is 14.5. The van der Waals surface area contributed by atoms with E-state index in [0.29, 0.717) is 13.1 Å². The van der Waals surface area contributed by atoms with Gasteiger partial charge in [0.15, 0.2) is 0 Å². The van der Waals surface area contributed by atoms with Gasteiger partial charge in [0.2, 0.25) is 0 Å². The molecule has 0 saturated heterocycles. The van der Waals surface area contributed by atoms with Crippen LogP contribution in [0, 0.1) is 5.92 Å². The van der Waals surface area contributed by atoms with E-state index in [1.165, 1.54) is 13.5 Å². The van der Waals surface area contributed by atoms with E-state index in [0.717, 1.165) is 31.2 Å². The van der Waals surface area contributed by atoms with Crippen LogP contribution in [-0.4, -0.2) is 41.6 Å². The number of nitrogens with zero attached hydrogens (tertiary/aromatic N) is 2. The molecule has 132 valence electrons. The van der Waals surface area contributed by atoms with Crippen molar-refractivity contribution in [1.82, 2.24) is 15.2 Å². The van der Waals surface area contributed by atoms with Crippen molar-refractivity contribution in [3.05, 3.63) is 30.1 Å². The van der Waals surface area contributed by atoms with Crippen LogP contribution in [0.15, 0.2) is 24.5 Å². The molecule has 1 aromatic heterocycles. The number of rotatable bonds is 6. The largest absolute Gasteiger partial charge is 0.469 e. The fourth-order valence-electron chi connectivity index (χ4n) is 3.05. The van der Waals surface area contributed by atoms with Gasteiger partial charge in [-0.3, -0.25) is 9.78 Å². The monoisotopic (exact) mass is 333 g/mol. The van der Waals surface area contributed by atoms with Gasteiger partial charge in [-0.1, -0.05) is 32.3 Å². The summed E-state index contributed by atoms with van der Waals surface area (Å²) in [5.74, 6) is -0.680. The molecule has 2 rings (SSSR count). The van der Waals surface area contributed by atoms with Gasteiger partial charge in [0.25, 0.3) is 0 Å². The molecule has 1 fully saturated rings. The summed E-state index contributed by atoms with van der Waals surface area (Å²) in [5.41, 5.74) is 0.938. The summed E-state index contributed by atoms with van der Waals surface area (Å²) >= 11 is 0.